The first-order valence-electron chi connectivity index (χ1n) is 10.7. The van der Waals surface area contributed by atoms with Crippen molar-refractivity contribution in [1.82, 2.24) is 4.90 Å². The van der Waals surface area contributed by atoms with Gasteiger partial charge in [0.2, 0.25) is 5.91 Å². The Kier molecular flexibility index (Phi) is 8.65. The molecule has 4 nitrogen and oxygen atoms in total. The van der Waals surface area contributed by atoms with Gasteiger partial charge in [-0.1, -0.05) is 60.1 Å². The number of halogens is 1. The van der Waals surface area contributed by atoms with Crippen molar-refractivity contribution in [2.24, 2.45) is 5.73 Å². The Morgan fingerprint density at radius 3 is 2.10 bits per heavy atom. The first-order chi connectivity index (χ1) is 15.0. The summed E-state index contributed by atoms with van der Waals surface area (Å²) in [5.74, 6) is 0.0184. The molecule has 3 aromatic rings. The zero-order valence-electron chi connectivity index (χ0n) is 18.0. The number of nitrogens with two attached hydrogens (primary N) is 1. The fraction of sp³-hybridized carbons (Fsp3) is 0.269. The van der Waals surface area contributed by atoms with E-state index in [4.69, 9.17) is 17.3 Å². The maximum atomic E-state index is 12.3. The molecule has 0 fully saturated rings. The second-order valence-corrected chi connectivity index (χ2v) is 8.27. The highest BCUT2D eigenvalue weighted by Crippen LogP contribution is 2.23. The van der Waals surface area contributed by atoms with Gasteiger partial charge in [-0.2, -0.15) is 0 Å². The van der Waals surface area contributed by atoms with Crippen LogP contribution in [0, 0.1) is 0 Å². The first kappa shape index (κ1) is 23.0. The van der Waals surface area contributed by atoms with Gasteiger partial charge in [0.1, 0.15) is 0 Å². The molecule has 162 valence electrons. The fourth-order valence-corrected chi connectivity index (χ4v) is 3.56. The minimum absolute atomic E-state index is 0.0184. The molecule has 0 atom stereocenters. The van der Waals surface area contributed by atoms with E-state index < -0.39 is 0 Å². The van der Waals surface area contributed by atoms with Crippen molar-refractivity contribution in [1.29, 1.82) is 0 Å². The van der Waals surface area contributed by atoms with Gasteiger partial charge in [0.25, 0.3) is 0 Å². The molecular weight excluding hydrogens is 406 g/mol. The molecule has 0 aromatic heterocycles. The van der Waals surface area contributed by atoms with Crippen molar-refractivity contribution < 1.29 is 4.79 Å². The van der Waals surface area contributed by atoms with Gasteiger partial charge in [-0.3, -0.25) is 4.79 Å². The number of hydrogen-bond donors (Lipinski definition) is 2. The van der Waals surface area contributed by atoms with E-state index in [0.29, 0.717) is 6.42 Å². The second kappa shape index (κ2) is 11.7. The lowest BCUT2D eigenvalue weighted by molar-refractivity contribution is -0.116. The van der Waals surface area contributed by atoms with E-state index >= 15 is 0 Å². The van der Waals surface area contributed by atoms with Gasteiger partial charge in [0, 0.05) is 23.7 Å². The summed E-state index contributed by atoms with van der Waals surface area (Å²) in [5, 5.41) is 3.70. The highest BCUT2D eigenvalue weighted by Gasteiger charge is 2.05. The highest BCUT2D eigenvalue weighted by molar-refractivity contribution is 6.30. The SMILES string of the molecule is CN(CCCN)Cc1ccc(CCC(=O)Nc2ccc(-c3ccc(Cl)cc3)cc2)cc1. The number of benzene rings is 3. The number of amides is 1. The lowest BCUT2D eigenvalue weighted by Gasteiger charge is -2.16. The molecule has 0 saturated heterocycles. The molecule has 0 unspecified atom stereocenters. The summed E-state index contributed by atoms with van der Waals surface area (Å²) < 4.78 is 0. The molecule has 0 saturated carbocycles. The minimum atomic E-state index is 0.0184. The summed E-state index contributed by atoms with van der Waals surface area (Å²) in [6.45, 7) is 2.63. The summed E-state index contributed by atoms with van der Waals surface area (Å²) in [6.07, 6.45) is 2.18. The van der Waals surface area contributed by atoms with Crippen molar-refractivity contribution in [2.75, 3.05) is 25.5 Å². The van der Waals surface area contributed by atoms with Gasteiger partial charge >= 0.3 is 0 Å². The molecule has 0 aliphatic carbocycles. The monoisotopic (exact) mass is 435 g/mol. The zero-order chi connectivity index (χ0) is 22.1. The van der Waals surface area contributed by atoms with E-state index in [1.165, 1.54) is 11.1 Å². The average Bonchev–Trinajstić information content (AvgIpc) is 2.78. The second-order valence-electron chi connectivity index (χ2n) is 7.83. The van der Waals surface area contributed by atoms with E-state index in [-0.39, 0.29) is 5.91 Å². The van der Waals surface area contributed by atoms with Crippen molar-refractivity contribution in [3.8, 4) is 11.1 Å². The Balaban J connectivity index is 1.46. The predicted octanol–water partition coefficient (Wildman–Crippen LogP) is 5.36. The van der Waals surface area contributed by atoms with E-state index in [9.17, 15) is 4.79 Å². The highest BCUT2D eigenvalue weighted by atomic mass is 35.5. The van der Waals surface area contributed by atoms with Crippen molar-refractivity contribution >= 4 is 23.2 Å². The normalized spacial score (nSPS) is 11.0. The Bertz CT molecular complexity index is 953. The first-order valence-corrected chi connectivity index (χ1v) is 11.0. The molecule has 0 aliphatic rings. The maximum absolute atomic E-state index is 12.3. The van der Waals surface area contributed by atoms with Crippen LogP contribution < -0.4 is 11.1 Å². The van der Waals surface area contributed by atoms with Crippen LogP contribution in [0.5, 0.6) is 0 Å². The summed E-state index contributed by atoms with van der Waals surface area (Å²) in [7, 11) is 2.11. The maximum Gasteiger partial charge on any atom is 0.224 e. The molecular formula is C26H30ClN3O. The van der Waals surface area contributed by atoms with Gasteiger partial charge < -0.3 is 16.0 Å². The summed E-state index contributed by atoms with van der Waals surface area (Å²) in [5.41, 5.74) is 11.0. The van der Waals surface area contributed by atoms with E-state index in [1.807, 2.05) is 48.5 Å². The summed E-state index contributed by atoms with van der Waals surface area (Å²) in [6, 6.07) is 24.1. The third-order valence-electron chi connectivity index (χ3n) is 5.21. The van der Waals surface area contributed by atoms with Crippen LogP contribution in [0.15, 0.2) is 72.8 Å². The molecule has 5 heteroatoms. The zero-order valence-corrected chi connectivity index (χ0v) is 18.7. The Labute approximate surface area is 190 Å². The smallest absolute Gasteiger partial charge is 0.224 e. The molecule has 1 amide bonds. The van der Waals surface area contributed by atoms with Crippen LogP contribution in [-0.2, 0) is 17.8 Å². The number of nitrogens with one attached hydrogen (secondary N) is 1. The molecule has 0 radical (unpaired) electrons. The Morgan fingerprint density at radius 2 is 1.48 bits per heavy atom. The summed E-state index contributed by atoms with van der Waals surface area (Å²) in [4.78, 5) is 14.6. The van der Waals surface area contributed by atoms with Crippen molar-refractivity contribution in [2.45, 2.75) is 25.8 Å². The van der Waals surface area contributed by atoms with Crippen molar-refractivity contribution in [3.05, 3.63) is 88.9 Å². The molecule has 31 heavy (non-hydrogen) atoms. The largest absolute Gasteiger partial charge is 0.330 e. The lowest BCUT2D eigenvalue weighted by Crippen LogP contribution is -2.21. The average molecular weight is 436 g/mol. The van der Waals surface area contributed by atoms with Crippen LogP contribution in [0.1, 0.15) is 24.0 Å². The predicted molar refractivity (Wildman–Crippen MR) is 130 cm³/mol. The van der Waals surface area contributed by atoms with Crippen LogP contribution in [0.4, 0.5) is 5.69 Å². The number of carbonyl (C=O) groups excluding carboxylic acids is 1. The minimum Gasteiger partial charge on any atom is -0.330 e. The number of aryl methyl sites for hydroxylation is 1. The van der Waals surface area contributed by atoms with Gasteiger partial charge in [0.15, 0.2) is 0 Å². The molecule has 3 N–H and O–H groups in total. The van der Waals surface area contributed by atoms with E-state index in [1.54, 1.807) is 0 Å². The van der Waals surface area contributed by atoms with Crippen LogP contribution in [0.3, 0.4) is 0 Å². The standard InChI is InChI=1S/C26H30ClN3O/c1-30(18-2-17-28)19-21-5-3-20(4-6-21)7-16-26(31)29-25-14-10-23(11-15-25)22-8-12-24(27)13-9-22/h3-6,8-15H,2,7,16-19,28H2,1H3,(H,29,31). The summed E-state index contributed by atoms with van der Waals surface area (Å²) >= 11 is 5.95. The molecule has 3 rings (SSSR count). The van der Waals surface area contributed by atoms with Crippen LogP contribution in [0.2, 0.25) is 5.02 Å². The van der Waals surface area contributed by atoms with Crippen molar-refractivity contribution in [3.63, 3.8) is 0 Å². The van der Waals surface area contributed by atoms with E-state index in [0.717, 1.165) is 54.3 Å². The lowest BCUT2D eigenvalue weighted by atomic mass is 10.1. The number of carbonyl (C=O) groups is 1. The molecule has 3 aromatic carbocycles. The van der Waals surface area contributed by atoms with Gasteiger partial charge in [0.05, 0.1) is 0 Å². The molecule has 0 heterocycles. The van der Waals surface area contributed by atoms with Gasteiger partial charge in [-0.05, 0) is 79.5 Å². The Hall–Kier alpha value is -2.66. The van der Waals surface area contributed by atoms with Crippen LogP contribution in [-0.4, -0.2) is 30.9 Å². The Morgan fingerprint density at radius 1 is 0.903 bits per heavy atom. The number of anilines is 1. The quantitative estimate of drug-likeness (QED) is 0.450. The van der Waals surface area contributed by atoms with E-state index in [2.05, 4.69) is 41.5 Å². The number of hydrogen-bond acceptors (Lipinski definition) is 3. The van der Waals surface area contributed by atoms with Crippen LogP contribution >= 0.6 is 11.6 Å². The number of nitrogens with zero attached hydrogens (tertiary/aromatic N) is 1. The fourth-order valence-electron chi connectivity index (χ4n) is 3.43. The third-order valence-corrected chi connectivity index (χ3v) is 5.46. The molecule has 0 spiro atoms. The van der Waals surface area contributed by atoms with Gasteiger partial charge in [-0.15, -0.1) is 0 Å². The number of rotatable bonds is 10. The molecule has 0 bridgehead atoms. The van der Waals surface area contributed by atoms with Crippen LogP contribution in [0.25, 0.3) is 11.1 Å². The topological polar surface area (TPSA) is 58.4 Å². The third kappa shape index (κ3) is 7.51. The molecule has 0 aliphatic heterocycles. The van der Waals surface area contributed by atoms with Gasteiger partial charge in [-0.25, -0.2) is 0 Å².